The summed E-state index contributed by atoms with van der Waals surface area (Å²) in [6.07, 6.45) is 7.92. The number of fused-ring (bicyclic) bond motifs is 1. The van der Waals surface area contributed by atoms with Gasteiger partial charge in [0.05, 0.1) is 13.2 Å². The number of rotatable bonds is 13. The maximum absolute atomic E-state index is 10.9. The number of nitrogens with zero attached hydrogens (tertiary/aromatic N) is 1. The zero-order valence-corrected chi connectivity index (χ0v) is 17.4. The predicted octanol–water partition coefficient (Wildman–Crippen LogP) is 5.95. The van der Waals surface area contributed by atoms with Gasteiger partial charge in [0.15, 0.2) is 0 Å². The summed E-state index contributed by atoms with van der Waals surface area (Å²) in [7, 11) is 1.70. The summed E-state index contributed by atoms with van der Waals surface area (Å²) < 4.78 is 5.48. The molecule has 1 unspecified atom stereocenters. The Bertz CT molecular complexity index is 660. The highest BCUT2D eigenvalue weighted by molar-refractivity contribution is 5.91. The second-order valence-electron chi connectivity index (χ2n) is 7.46. The van der Waals surface area contributed by atoms with Gasteiger partial charge in [0, 0.05) is 11.9 Å². The Morgan fingerprint density at radius 1 is 0.852 bits per heavy atom. The molecule has 0 radical (unpaired) electrons. The second kappa shape index (κ2) is 12.0. The third kappa shape index (κ3) is 6.51. The van der Waals surface area contributed by atoms with E-state index in [0.29, 0.717) is 0 Å². The monoisotopic (exact) mass is 371 g/mol. The molecule has 3 nitrogen and oxygen atoms in total. The Kier molecular flexibility index (Phi) is 9.65. The molecule has 2 rings (SSSR count). The number of hydrogen-bond acceptors (Lipinski definition) is 3. The summed E-state index contributed by atoms with van der Waals surface area (Å²) in [6.45, 7) is 7.75. The standard InChI is InChI=1S/C24H37NO2/c1-4-6-10-17-25(18-11-7-5-2)19-16-23(26)21-14-15-24(27-3)22-13-9-8-12-20(21)22/h8-9,12-15,23,26H,4-7,10-11,16-19H2,1-3H3. The van der Waals surface area contributed by atoms with Crippen molar-refractivity contribution < 1.29 is 9.84 Å². The minimum absolute atomic E-state index is 0.444. The molecular weight excluding hydrogens is 334 g/mol. The van der Waals surface area contributed by atoms with Gasteiger partial charge in [0.2, 0.25) is 0 Å². The number of aliphatic hydroxyl groups is 1. The normalized spacial score (nSPS) is 12.6. The topological polar surface area (TPSA) is 32.7 Å². The molecule has 0 amide bonds. The van der Waals surface area contributed by atoms with Gasteiger partial charge in [-0.15, -0.1) is 0 Å². The van der Waals surface area contributed by atoms with Crippen molar-refractivity contribution in [3.05, 3.63) is 42.0 Å². The van der Waals surface area contributed by atoms with Crippen LogP contribution in [0.3, 0.4) is 0 Å². The highest BCUT2D eigenvalue weighted by atomic mass is 16.5. The van der Waals surface area contributed by atoms with Gasteiger partial charge in [-0.25, -0.2) is 0 Å². The van der Waals surface area contributed by atoms with Crippen LogP contribution in [0.5, 0.6) is 5.75 Å². The fourth-order valence-corrected chi connectivity index (χ4v) is 3.73. The van der Waals surface area contributed by atoms with Gasteiger partial charge in [-0.05, 0) is 49.4 Å². The number of benzene rings is 2. The lowest BCUT2D eigenvalue weighted by molar-refractivity contribution is 0.141. The molecule has 150 valence electrons. The van der Waals surface area contributed by atoms with Crippen LogP contribution < -0.4 is 4.74 Å². The van der Waals surface area contributed by atoms with Crippen LogP contribution in [-0.4, -0.2) is 36.8 Å². The molecule has 0 aliphatic heterocycles. The van der Waals surface area contributed by atoms with E-state index in [-0.39, 0.29) is 0 Å². The van der Waals surface area contributed by atoms with Gasteiger partial charge in [-0.2, -0.15) is 0 Å². The Hall–Kier alpha value is -1.58. The Morgan fingerprint density at radius 2 is 1.48 bits per heavy atom. The van der Waals surface area contributed by atoms with Crippen molar-refractivity contribution in [1.29, 1.82) is 0 Å². The first-order valence-electron chi connectivity index (χ1n) is 10.7. The zero-order valence-electron chi connectivity index (χ0n) is 17.4. The highest BCUT2D eigenvalue weighted by Crippen LogP contribution is 2.32. The smallest absolute Gasteiger partial charge is 0.126 e. The van der Waals surface area contributed by atoms with Gasteiger partial charge in [0.25, 0.3) is 0 Å². The van der Waals surface area contributed by atoms with Crippen LogP contribution >= 0.6 is 0 Å². The Labute approximate surface area is 165 Å². The minimum Gasteiger partial charge on any atom is -0.496 e. The fraction of sp³-hybridized carbons (Fsp3) is 0.583. The first-order valence-corrected chi connectivity index (χ1v) is 10.7. The van der Waals surface area contributed by atoms with Crippen LogP contribution in [0, 0.1) is 0 Å². The van der Waals surface area contributed by atoms with E-state index in [1.165, 1.54) is 38.5 Å². The first kappa shape index (κ1) is 21.7. The van der Waals surface area contributed by atoms with Crippen LogP contribution in [0.4, 0.5) is 0 Å². The van der Waals surface area contributed by atoms with Crippen molar-refractivity contribution in [3.63, 3.8) is 0 Å². The van der Waals surface area contributed by atoms with Crippen LogP contribution in [0.1, 0.15) is 70.5 Å². The molecule has 0 aromatic heterocycles. The molecule has 3 heteroatoms. The lowest BCUT2D eigenvalue weighted by Crippen LogP contribution is -2.28. The molecule has 0 heterocycles. The molecule has 0 saturated heterocycles. The van der Waals surface area contributed by atoms with Crippen LogP contribution in [-0.2, 0) is 0 Å². The average molecular weight is 372 g/mol. The summed E-state index contributed by atoms with van der Waals surface area (Å²) in [5, 5.41) is 13.1. The summed E-state index contributed by atoms with van der Waals surface area (Å²) in [5.41, 5.74) is 1.01. The average Bonchev–Trinajstić information content (AvgIpc) is 2.70. The number of methoxy groups -OCH3 is 1. The first-order chi connectivity index (χ1) is 13.2. The molecule has 0 fully saturated rings. The van der Waals surface area contributed by atoms with Crippen molar-refractivity contribution in [2.45, 2.75) is 64.9 Å². The lowest BCUT2D eigenvalue weighted by atomic mass is 9.98. The molecule has 0 aliphatic carbocycles. The molecular formula is C24H37NO2. The van der Waals surface area contributed by atoms with Gasteiger partial charge >= 0.3 is 0 Å². The van der Waals surface area contributed by atoms with Gasteiger partial charge in [-0.1, -0.05) is 69.9 Å². The van der Waals surface area contributed by atoms with E-state index in [0.717, 1.165) is 48.1 Å². The van der Waals surface area contributed by atoms with Gasteiger partial charge < -0.3 is 14.7 Å². The third-order valence-corrected chi connectivity index (χ3v) is 5.37. The molecule has 2 aromatic carbocycles. The highest BCUT2D eigenvalue weighted by Gasteiger charge is 2.15. The second-order valence-corrected chi connectivity index (χ2v) is 7.46. The van der Waals surface area contributed by atoms with E-state index in [4.69, 9.17) is 4.74 Å². The molecule has 0 aliphatic rings. The number of aliphatic hydroxyl groups excluding tert-OH is 1. The molecule has 0 bridgehead atoms. The van der Waals surface area contributed by atoms with Crippen molar-refractivity contribution >= 4 is 10.8 Å². The maximum Gasteiger partial charge on any atom is 0.126 e. The molecule has 0 saturated carbocycles. The minimum atomic E-state index is -0.444. The van der Waals surface area contributed by atoms with Crippen molar-refractivity contribution in [1.82, 2.24) is 4.90 Å². The van der Waals surface area contributed by atoms with Crippen LogP contribution in [0.25, 0.3) is 10.8 Å². The van der Waals surface area contributed by atoms with Gasteiger partial charge in [0.1, 0.15) is 5.75 Å². The Balaban J connectivity index is 2.03. The molecule has 27 heavy (non-hydrogen) atoms. The Morgan fingerprint density at radius 3 is 2.07 bits per heavy atom. The molecule has 1 atom stereocenters. The lowest BCUT2D eigenvalue weighted by Gasteiger charge is -2.24. The molecule has 0 spiro atoms. The third-order valence-electron chi connectivity index (χ3n) is 5.37. The number of unbranched alkanes of at least 4 members (excludes halogenated alkanes) is 4. The summed E-state index contributed by atoms with van der Waals surface area (Å²) in [5.74, 6) is 0.863. The van der Waals surface area contributed by atoms with E-state index in [9.17, 15) is 5.11 Å². The fourth-order valence-electron chi connectivity index (χ4n) is 3.73. The van der Waals surface area contributed by atoms with Crippen LogP contribution in [0.2, 0.25) is 0 Å². The van der Waals surface area contributed by atoms with E-state index >= 15 is 0 Å². The van der Waals surface area contributed by atoms with E-state index in [2.05, 4.69) is 30.9 Å². The van der Waals surface area contributed by atoms with Crippen molar-refractivity contribution in [3.8, 4) is 5.75 Å². The van der Waals surface area contributed by atoms with Crippen molar-refractivity contribution in [2.75, 3.05) is 26.7 Å². The largest absolute Gasteiger partial charge is 0.496 e. The van der Waals surface area contributed by atoms with Crippen molar-refractivity contribution in [2.24, 2.45) is 0 Å². The van der Waals surface area contributed by atoms with E-state index < -0.39 is 6.10 Å². The number of ether oxygens (including phenoxy) is 1. The predicted molar refractivity (Wildman–Crippen MR) is 116 cm³/mol. The molecule has 2 aromatic rings. The van der Waals surface area contributed by atoms with E-state index in [1.807, 2.05) is 24.3 Å². The summed E-state index contributed by atoms with van der Waals surface area (Å²) in [6, 6.07) is 12.2. The summed E-state index contributed by atoms with van der Waals surface area (Å²) in [4.78, 5) is 2.54. The summed E-state index contributed by atoms with van der Waals surface area (Å²) >= 11 is 0. The zero-order chi connectivity index (χ0) is 19.5. The molecule has 1 N–H and O–H groups in total. The van der Waals surface area contributed by atoms with E-state index in [1.54, 1.807) is 7.11 Å². The van der Waals surface area contributed by atoms with Gasteiger partial charge in [-0.3, -0.25) is 0 Å². The number of hydrogen-bond donors (Lipinski definition) is 1. The van der Waals surface area contributed by atoms with Crippen LogP contribution in [0.15, 0.2) is 36.4 Å². The SMILES string of the molecule is CCCCCN(CCCCC)CCC(O)c1ccc(OC)c2ccccc12. The quantitative estimate of drug-likeness (QED) is 0.441. The maximum atomic E-state index is 10.9.